The van der Waals surface area contributed by atoms with Crippen molar-refractivity contribution in [1.82, 2.24) is 14.8 Å². The van der Waals surface area contributed by atoms with Gasteiger partial charge in [-0.1, -0.05) is 23.9 Å². The first-order valence-corrected chi connectivity index (χ1v) is 10.7. The van der Waals surface area contributed by atoms with Crippen LogP contribution < -0.4 is 10.2 Å². The Bertz CT molecular complexity index is 1100. The molecule has 0 atom stereocenters. The normalized spacial score (nSPS) is 12.5. The van der Waals surface area contributed by atoms with Gasteiger partial charge in [0.1, 0.15) is 5.82 Å². The Morgan fingerprint density at radius 3 is 2.68 bits per heavy atom. The van der Waals surface area contributed by atoms with Gasteiger partial charge in [-0.25, -0.2) is 9.18 Å². The average Bonchev–Trinajstić information content (AvgIpc) is 3.36. The van der Waals surface area contributed by atoms with Crippen LogP contribution in [0.5, 0.6) is 0 Å². The second-order valence-corrected chi connectivity index (χ2v) is 7.61. The molecule has 0 radical (unpaired) electrons. The number of esters is 1. The number of hydrogen-bond donors (Lipinski definition) is 1. The zero-order valence-electron chi connectivity index (χ0n) is 16.7. The molecule has 4 rings (SSSR count). The Morgan fingerprint density at radius 2 is 1.90 bits per heavy atom. The van der Waals surface area contributed by atoms with Crippen LogP contribution in [-0.2, 0) is 16.1 Å². The summed E-state index contributed by atoms with van der Waals surface area (Å²) in [6.45, 7) is 3.33. The molecular weight excluding hydrogens is 421 g/mol. The number of fused-ring (bicyclic) bond motifs is 1. The molecule has 0 aliphatic carbocycles. The van der Waals surface area contributed by atoms with Gasteiger partial charge in [0.15, 0.2) is 5.16 Å². The smallest absolute Gasteiger partial charge is 0.340 e. The van der Waals surface area contributed by atoms with Crippen LogP contribution in [-0.4, -0.2) is 45.5 Å². The Labute approximate surface area is 182 Å². The molecule has 0 bridgehead atoms. The number of nitrogens with zero attached hydrogens (tertiary/aromatic N) is 4. The van der Waals surface area contributed by atoms with Crippen molar-refractivity contribution in [1.29, 1.82) is 0 Å². The molecule has 1 aliphatic heterocycles. The van der Waals surface area contributed by atoms with Crippen molar-refractivity contribution in [3.8, 4) is 0 Å². The van der Waals surface area contributed by atoms with Crippen molar-refractivity contribution in [3.05, 3.63) is 59.9 Å². The maximum absolute atomic E-state index is 13.2. The van der Waals surface area contributed by atoms with Gasteiger partial charge in [0.05, 0.1) is 23.6 Å². The molecule has 0 fully saturated rings. The van der Waals surface area contributed by atoms with Gasteiger partial charge in [0.25, 0.3) is 0 Å². The number of para-hydroxylation sites is 1. The molecule has 3 aromatic rings. The summed E-state index contributed by atoms with van der Waals surface area (Å²) in [5.74, 6) is -0.292. The third-order valence-electron chi connectivity index (χ3n) is 4.65. The number of ether oxygens (including phenoxy) is 1. The van der Waals surface area contributed by atoms with Gasteiger partial charge >= 0.3 is 5.97 Å². The predicted molar refractivity (Wildman–Crippen MR) is 115 cm³/mol. The van der Waals surface area contributed by atoms with E-state index in [9.17, 15) is 14.0 Å². The first-order valence-electron chi connectivity index (χ1n) is 9.72. The first kappa shape index (κ1) is 20.9. The van der Waals surface area contributed by atoms with Crippen molar-refractivity contribution >= 4 is 41.0 Å². The van der Waals surface area contributed by atoms with E-state index >= 15 is 0 Å². The first-order chi connectivity index (χ1) is 15.1. The van der Waals surface area contributed by atoms with E-state index in [-0.39, 0.29) is 24.1 Å². The zero-order valence-corrected chi connectivity index (χ0v) is 17.6. The molecule has 1 aliphatic rings. The van der Waals surface area contributed by atoms with Crippen molar-refractivity contribution in [2.45, 2.75) is 18.6 Å². The van der Waals surface area contributed by atoms with Crippen LogP contribution in [0.25, 0.3) is 0 Å². The summed E-state index contributed by atoms with van der Waals surface area (Å²) in [6.07, 6.45) is 0. The standard InChI is InChI=1S/C21H20FN5O3S/c1-2-30-19(29)16-5-3-4-6-17(16)23-18(28)13-31-21-25-24-20-26(11-12-27(20)21)15-9-7-14(22)8-10-15/h3-10H,2,11-13H2,1H3,(H,23,28). The summed E-state index contributed by atoms with van der Waals surface area (Å²) in [4.78, 5) is 26.5. The van der Waals surface area contributed by atoms with E-state index in [0.29, 0.717) is 35.4 Å². The van der Waals surface area contributed by atoms with Gasteiger partial charge in [0.2, 0.25) is 11.9 Å². The fraction of sp³-hybridized carbons (Fsp3) is 0.238. The predicted octanol–water partition coefficient (Wildman–Crippen LogP) is 3.48. The second-order valence-electron chi connectivity index (χ2n) is 6.67. The number of thioether (sulfide) groups is 1. The molecule has 10 heteroatoms. The molecule has 31 heavy (non-hydrogen) atoms. The van der Waals surface area contributed by atoms with Gasteiger partial charge < -0.3 is 15.0 Å². The number of anilines is 3. The summed E-state index contributed by atoms with van der Waals surface area (Å²) < 4.78 is 20.1. The van der Waals surface area contributed by atoms with Crippen LogP contribution in [0.1, 0.15) is 17.3 Å². The van der Waals surface area contributed by atoms with Crippen molar-refractivity contribution in [2.75, 3.05) is 29.1 Å². The largest absolute Gasteiger partial charge is 0.462 e. The highest BCUT2D eigenvalue weighted by atomic mass is 32.2. The number of carbonyl (C=O) groups is 2. The third kappa shape index (κ3) is 4.53. The van der Waals surface area contributed by atoms with Crippen LogP contribution in [0.3, 0.4) is 0 Å². The van der Waals surface area contributed by atoms with E-state index in [4.69, 9.17) is 4.74 Å². The van der Waals surface area contributed by atoms with Crippen molar-refractivity contribution in [3.63, 3.8) is 0 Å². The highest BCUT2D eigenvalue weighted by Crippen LogP contribution is 2.32. The van der Waals surface area contributed by atoms with E-state index in [1.54, 1.807) is 43.3 Å². The number of rotatable bonds is 7. The number of halogens is 1. The highest BCUT2D eigenvalue weighted by Gasteiger charge is 2.26. The third-order valence-corrected chi connectivity index (χ3v) is 5.62. The Hall–Kier alpha value is -3.40. The number of aromatic nitrogens is 3. The van der Waals surface area contributed by atoms with Gasteiger partial charge in [0, 0.05) is 18.8 Å². The van der Waals surface area contributed by atoms with Crippen LogP contribution in [0.15, 0.2) is 53.7 Å². The molecule has 8 nitrogen and oxygen atoms in total. The number of hydrogen-bond acceptors (Lipinski definition) is 7. The monoisotopic (exact) mass is 441 g/mol. The number of benzene rings is 2. The van der Waals surface area contributed by atoms with Gasteiger partial charge in [-0.05, 0) is 43.3 Å². The molecule has 1 amide bonds. The fourth-order valence-corrected chi connectivity index (χ4v) is 4.00. The zero-order chi connectivity index (χ0) is 21.8. The van der Waals surface area contributed by atoms with E-state index in [1.165, 1.54) is 23.9 Å². The fourth-order valence-electron chi connectivity index (χ4n) is 3.24. The lowest BCUT2D eigenvalue weighted by atomic mass is 10.2. The van der Waals surface area contributed by atoms with E-state index in [1.807, 2.05) is 9.47 Å². The van der Waals surface area contributed by atoms with Gasteiger partial charge in [-0.2, -0.15) is 0 Å². The molecule has 2 aromatic carbocycles. The van der Waals surface area contributed by atoms with E-state index in [0.717, 1.165) is 5.69 Å². The molecule has 1 aromatic heterocycles. The van der Waals surface area contributed by atoms with Gasteiger partial charge in [-0.15, -0.1) is 10.2 Å². The Balaban J connectivity index is 1.40. The molecular formula is C21H20FN5O3S. The SMILES string of the molecule is CCOC(=O)c1ccccc1NC(=O)CSc1nnc2n1CCN2c1ccc(F)cc1. The molecule has 0 saturated heterocycles. The van der Waals surface area contributed by atoms with E-state index < -0.39 is 5.97 Å². The number of carbonyl (C=O) groups excluding carboxylic acids is 2. The van der Waals surface area contributed by atoms with Crippen LogP contribution >= 0.6 is 11.8 Å². The van der Waals surface area contributed by atoms with E-state index in [2.05, 4.69) is 15.5 Å². The summed E-state index contributed by atoms with van der Waals surface area (Å²) in [5.41, 5.74) is 1.54. The molecule has 160 valence electrons. The molecule has 0 unspecified atom stereocenters. The summed E-state index contributed by atoms with van der Waals surface area (Å²) in [7, 11) is 0. The lowest BCUT2D eigenvalue weighted by Crippen LogP contribution is -2.17. The summed E-state index contributed by atoms with van der Waals surface area (Å²) in [6, 6.07) is 12.9. The van der Waals surface area contributed by atoms with Crippen molar-refractivity contribution in [2.24, 2.45) is 0 Å². The number of amides is 1. The van der Waals surface area contributed by atoms with Crippen LogP contribution in [0.2, 0.25) is 0 Å². The highest BCUT2D eigenvalue weighted by molar-refractivity contribution is 7.99. The molecule has 0 saturated carbocycles. The quantitative estimate of drug-likeness (QED) is 0.444. The minimum atomic E-state index is -0.484. The molecule has 0 spiro atoms. The van der Waals surface area contributed by atoms with Crippen molar-refractivity contribution < 1.29 is 18.7 Å². The van der Waals surface area contributed by atoms with Crippen LogP contribution in [0, 0.1) is 5.82 Å². The molecule has 2 heterocycles. The summed E-state index contributed by atoms with van der Waals surface area (Å²) in [5, 5.41) is 11.8. The number of nitrogens with one attached hydrogen (secondary N) is 1. The Kier molecular flexibility index (Phi) is 6.17. The second kappa shape index (κ2) is 9.17. The van der Waals surface area contributed by atoms with Crippen LogP contribution in [0.4, 0.5) is 21.7 Å². The lowest BCUT2D eigenvalue weighted by molar-refractivity contribution is -0.113. The maximum atomic E-state index is 13.2. The maximum Gasteiger partial charge on any atom is 0.340 e. The Morgan fingerprint density at radius 1 is 1.13 bits per heavy atom. The van der Waals surface area contributed by atoms with Gasteiger partial charge in [-0.3, -0.25) is 9.36 Å². The lowest BCUT2D eigenvalue weighted by Gasteiger charge is -2.14. The minimum absolute atomic E-state index is 0.103. The average molecular weight is 441 g/mol. The topological polar surface area (TPSA) is 89.3 Å². The molecule has 1 N–H and O–H groups in total. The minimum Gasteiger partial charge on any atom is -0.462 e. The summed E-state index contributed by atoms with van der Waals surface area (Å²) >= 11 is 1.26.